The third kappa shape index (κ3) is 5.76. The highest BCUT2D eigenvalue weighted by Crippen LogP contribution is 2.19. The largest absolute Gasteiger partial charge is 0.378 e. The van der Waals surface area contributed by atoms with Crippen LogP contribution in [-0.4, -0.2) is 42.1 Å². The second kappa shape index (κ2) is 10.0. The van der Waals surface area contributed by atoms with Gasteiger partial charge in [0.1, 0.15) is 0 Å². The van der Waals surface area contributed by atoms with E-state index in [1.165, 1.54) is 24.8 Å². The van der Waals surface area contributed by atoms with Crippen LogP contribution in [0.4, 0.5) is 0 Å². The molecule has 2 aromatic rings. The Kier molecular flexibility index (Phi) is 7.17. The molecule has 0 radical (unpaired) electrons. The van der Waals surface area contributed by atoms with Crippen LogP contribution >= 0.6 is 0 Å². The van der Waals surface area contributed by atoms with Crippen LogP contribution < -0.4 is 0 Å². The summed E-state index contributed by atoms with van der Waals surface area (Å²) in [6.07, 6.45) is 10.3. The standard InChI is InChI=1S/C23H28N2O2/c1-2-3-4-5-20-8-12-22(24-18-20)21-10-6-19(7-11-21)9-13-23(26)25-14-16-27-17-15-25/h6-13,18H,2-5,14-17H2,1H3. The third-order valence-corrected chi connectivity index (χ3v) is 4.84. The summed E-state index contributed by atoms with van der Waals surface area (Å²) in [5.41, 5.74) is 4.38. The number of amides is 1. The molecule has 1 aliphatic rings. The van der Waals surface area contributed by atoms with Crippen LogP contribution in [0.1, 0.15) is 37.3 Å². The van der Waals surface area contributed by atoms with Crippen molar-refractivity contribution in [2.24, 2.45) is 0 Å². The van der Waals surface area contributed by atoms with Gasteiger partial charge < -0.3 is 9.64 Å². The molecule has 0 spiro atoms. The van der Waals surface area contributed by atoms with E-state index in [9.17, 15) is 4.79 Å². The fourth-order valence-corrected chi connectivity index (χ4v) is 3.14. The van der Waals surface area contributed by atoms with Crippen LogP contribution in [0.2, 0.25) is 0 Å². The van der Waals surface area contributed by atoms with Crippen LogP contribution in [0.15, 0.2) is 48.7 Å². The lowest BCUT2D eigenvalue weighted by atomic mass is 10.1. The van der Waals surface area contributed by atoms with Crippen molar-refractivity contribution in [3.63, 3.8) is 0 Å². The number of aryl methyl sites for hydroxylation is 1. The van der Waals surface area contributed by atoms with Gasteiger partial charge in [-0.25, -0.2) is 0 Å². The van der Waals surface area contributed by atoms with Crippen molar-refractivity contribution in [3.05, 3.63) is 59.8 Å². The van der Waals surface area contributed by atoms with Gasteiger partial charge >= 0.3 is 0 Å². The Bertz CT molecular complexity index is 745. The SMILES string of the molecule is CCCCCc1ccc(-c2ccc(C=CC(=O)N3CCOCC3)cc2)nc1. The summed E-state index contributed by atoms with van der Waals surface area (Å²) in [6, 6.07) is 12.4. The minimum absolute atomic E-state index is 0.0442. The Labute approximate surface area is 161 Å². The molecule has 142 valence electrons. The second-order valence-electron chi connectivity index (χ2n) is 6.90. The number of carbonyl (C=O) groups excluding carboxylic acids is 1. The van der Waals surface area contributed by atoms with E-state index in [-0.39, 0.29) is 5.91 Å². The quantitative estimate of drug-likeness (QED) is 0.542. The Hall–Kier alpha value is -2.46. The summed E-state index contributed by atoms with van der Waals surface area (Å²) in [4.78, 5) is 18.6. The maximum Gasteiger partial charge on any atom is 0.246 e. The number of hydrogen-bond donors (Lipinski definition) is 0. The highest BCUT2D eigenvalue weighted by atomic mass is 16.5. The number of aromatic nitrogens is 1. The van der Waals surface area contributed by atoms with Crippen LogP contribution in [0.5, 0.6) is 0 Å². The molecule has 0 unspecified atom stereocenters. The Morgan fingerprint density at radius 2 is 1.89 bits per heavy atom. The monoisotopic (exact) mass is 364 g/mol. The van der Waals surface area contributed by atoms with Crippen molar-refractivity contribution >= 4 is 12.0 Å². The van der Waals surface area contributed by atoms with E-state index >= 15 is 0 Å². The van der Waals surface area contributed by atoms with E-state index < -0.39 is 0 Å². The first-order valence-electron chi connectivity index (χ1n) is 9.86. The average molecular weight is 364 g/mol. The molecule has 0 saturated carbocycles. The average Bonchev–Trinajstić information content (AvgIpc) is 2.74. The number of morpholine rings is 1. The van der Waals surface area contributed by atoms with Crippen LogP contribution in [0, 0.1) is 0 Å². The van der Waals surface area contributed by atoms with E-state index in [4.69, 9.17) is 4.74 Å². The van der Waals surface area contributed by atoms with Crippen LogP contribution in [0.25, 0.3) is 17.3 Å². The molecule has 1 saturated heterocycles. The molecule has 1 fully saturated rings. The van der Waals surface area contributed by atoms with Crippen molar-refractivity contribution in [2.45, 2.75) is 32.6 Å². The predicted molar refractivity (Wildman–Crippen MR) is 109 cm³/mol. The third-order valence-electron chi connectivity index (χ3n) is 4.84. The Morgan fingerprint density at radius 1 is 1.11 bits per heavy atom. The molecular weight excluding hydrogens is 336 g/mol. The molecule has 0 aliphatic carbocycles. The molecule has 1 aromatic heterocycles. The van der Waals surface area contributed by atoms with Crippen LogP contribution in [-0.2, 0) is 16.0 Å². The van der Waals surface area contributed by atoms with Crippen molar-refractivity contribution in [3.8, 4) is 11.3 Å². The fraction of sp³-hybridized carbons (Fsp3) is 0.391. The van der Waals surface area contributed by atoms with Gasteiger partial charge in [0.05, 0.1) is 18.9 Å². The molecule has 4 nitrogen and oxygen atoms in total. The lowest BCUT2D eigenvalue weighted by molar-refractivity contribution is -0.129. The van der Waals surface area contributed by atoms with Gasteiger partial charge in [-0.1, -0.05) is 50.1 Å². The van der Waals surface area contributed by atoms with Crippen molar-refractivity contribution in [1.82, 2.24) is 9.88 Å². The topological polar surface area (TPSA) is 42.4 Å². The zero-order valence-electron chi connectivity index (χ0n) is 16.1. The van der Waals surface area contributed by atoms with E-state index in [1.54, 1.807) is 6.08 Å². The highest BCUT2D eigenvalue weighted by molar-refractivity contribution is 5.91. The molecule has 0 atom stereocenters. The van der Waals surface area contributed by atoms with Gasteiger partial charge in [0.25, 0.3) is 0 Å². The summed E-state index contributed by atoms with van der Waals surface area (Å²) in [5.74, 6) is 0.0442. The number of carbonyl (C=O) groups is 1. The molecule has 1 amide bonds. The number of hydrogen-bond acceptors (Lipinski definition) is 3. The molecular formula is C23H28N2O2. The number of nitrogens with zero attached hydrogens (tertiary/aromatic N) is 2. The first kappa shape index (κ1) is 19.3. The fourth-order valence-electron chi connectivity index (χ4n) is 3.14. The summed E-state index contributed by atoms with van der Waals surface area (Å²) in [7, 11) is 0. The lowest BCUT2D eigenvalue weighted by Crippen LogP contribution is -2.39. The van der Waals surface area contributed by atoms with Gasteiger partial charge in [-0.15, -0.1) is 0 Å². The van der Waals surface area contributed by atoms with Crippen molar-refractivity contribution in [1.29, 1.82) is 0 Å². The van der Waals surface area contributed by atoms with Gasteiger partial charge in [0.15, 0.2) is 0 Å². The first-order valence-corrected chi connectivity index (χ1v) is 9.86. The molecule has 0 N–H and O–H groups in total. The summed E-state index contributed by atoms with van der Waals surface area (Å²) in [6.45, 7) is 4.81. The minimum Gasteiger partial charge on any atom is -0.378 e. The predicted octanol–water partition coefficient (Wildman–Crippen LogP) is 4.35. The molecule has 4 heteroatoms. The maximum absolute atomic E-state index is 12.2. The number of ether oxygens (including phenoxy) is 1. The number of unbranched alkanes of at least 4 members (excludes halogenated alkanes) is 2. The zero-order valence-corrected chi connectivity index (χ0v) is 16.1. The lowest BCUT2D eigenvalue weighted by Gasteiger charge is -2.25. The van der Waals surface area contributed by atoms with E-state index in [0.717, 1.165) is 23.2 Å². The minimum atomic E-state index is 0.0442. The maximum atomic E-state index is 12.2. The van der Waals surface area contributed by atoms with Crippen LogP contribution in [0.3, 0.4) is 0 Å². The van der Waals surface area contributed by atoms with Gasteiger partial charge in [-0.2, -0.15) is 0 Å². The highest BCUT2D eigenvalue weighted by Gasteiger charge is 2.13. The van der Waals surface area contributed by atoms with E-state index in [0.29, 0.717) is 26.3 Å². The number of rotatable bonds is 7. The van der Waals surface area contributed by atoms with Crippen molar-refractivity contribution in [2.75, 3.05) is 26.3 Å². The number of benzene rings is 1. The molecule has 3 rings (SSSR count). The zero-order chi connectivity index (χ0) is 18.9. The van der Waals surface area contributed by atoms with Gasteiger partial charge in [0, 0.05) is 30.9 Å². The number of pyridine rings is 1. The molecule has 27 heavy (non-hydrogen) atoms. The second-order valence-corrected chi connectivity index (χ2v) is 6.90. The molecule has 1 aliphatic heterocycles. The molecule has 2 heterocycles. The van der Waals surface area contributed by atoms with E-state index in [2.05, 4.69) is 36.2 Å². The summed E-state index contributed by atoms with van der Waals surface area (Å²) in [5, 5.41) is 0. The smallest absolute Gasteiger partial charge is 0.246 e. The van der Waals surface area contributed by atoms with Gasteiger partial charge in [0.2, 0.25) is 5.91 Å². The van der Waals surface area contributed by atoms with Crippen molar-refractivity contribution < 1.29 is 9.53 Å². The molecule has 1 aromatic carbocycles. The Balaban J connectivity index is 1.58. The molecule has 0 bridgehead atoms. The Morgan fingerprint density at radius 3 is 2.56 bits per heavy atom. The summed E-state index contributed by atoms with van der Waals surface area (Å²) >= 11 is 0. The first-order chi connectivity index (χ1) is 13.3. The van der Waals surface area contributed by atoms with Gasteiger partial charge in [-0.3, -0.25) is 9.78 Å². The summed E-state index contributed by atoms with van der Waals surface area (Å²) < 4.78 is 5.28. The normalized spacial score (nSPS) is 14.6. The van der Waals surface area contributed by atoms with Gasteiger partial charge in [-0.05, 0) is 36.1 Å². The van der Waals surface area contributed by atoms with E-state index in [1.807, 2.05) is 29.3 Å².